The molecule has 1 amide bonds. The van der Waals surface area contributed by atoms with E-state index in [9.17, 15) is 9.59 Å². The maximum absolute atomic E-state index is 12.2. The molecule has 0 aliphatic rings. The van der Waals surface area contributed by atoms with Gasteiger partial charge < -0.3 is 0 Å². The predicted molar refractivity (Wildman–Crippen MR) is 106 cm³/mol. The van der Waals surface area contributed by atoms with Gasteiger partial charge in [0, 0.05) is 5.56 Å². The molecular formula is C18H11ClN4O2S2. The first-order chi connectivity index (χ1) is 13.1. The fraction of sp³-hybridized carbons (Fsp3) is 0.0556. The molecule has 1 heterocycles. The zero-order valence-corrected chi connectivity index (χ0v) is 16.1. The summed E-state index contributed by atoms with van der Waals surface area (Å²) in [7, 11) is 0. The van der Waals surface area contributed by atoms with E-state index in [1.54, 1.807) is 48.5 Å². The maximum Gasteiger partial charge on any atom is 0.259 e. The van der Waals surface area contributed by atoms with E-state index in [1.807, 2.05) is 6.07 Å². The van der Waals surface area contributed by atoms with Crippen LogP contribution in [-0.2, 0) is 0 Å². The van der Waals surface area contributed by atoms with Crippen molar-refractivity contribution in [2.75, 3.05) is 11.1 Å². The third-order valence-electron chi connectivity index (χ3n) is 3.39. The molecule has 27 heavy (non-hydrogen) atoms. The molecule has 0 atom stereocenters. The number of nitrogens with one attached hydrogen (secondary N) is 1. The highest BCUT2D eigenvalue weighted by molar-refractivity contribution is 8.01. The Balaban J connectivity index is 1.59. The van der Waals surface area contributed by atoms with Crippen LogP contribution in [-0.4, -0.2) is 27.6 Å². The molecule has 134 valence electrons. The van der Waals surface area contributed by atoms with Gasteiger partial charge >= 0.3 is 0 Å². The smallest absolute Gasteiger partial charge is 0.259 e. The standard InChI is InChI=1S/C18H11ClN4O2S2/c19-14-7-2-1-6-13(14)16(25)21-17-22-23-18(27-17)26-10-15(24)12-5-3-4-11(8-12)9-20/h1-8H,10H2,(H,21,22,25). The summed E-state index contributed by atoms with van der Waals surface area (Å²) in [5.74, 6) is -0.339. The average molecular weight is 415 g/mol. The summed E-state index contributed by atoms with van der Waals surface area (Å²) in [6, 6.07) is 15.2. The number of nitrogens with zero attached hydrogens (tertiary/aromatic N) is 3. The fourth-order valence-electron chi connectivity index (χ4n) is 2.10. The third kappa shape index (κ3) is 4.92. The number of halogens is 1. The van der Waals surface area contributed by atoms with Crippen molar-refractivity contribution in [2.24, 2.45) is 0 Å². The Morgan fingerprint density at radius 3 is 2.78 bits per heavy atom. The number of hydrogen-bond acceptors (Lipinski definition) is 7. The van der Waals surface area contributed by atoms with E-state index in [-0.39, 0.29) is 17.4 Å². The first kappa shape index (κ1) is 19.0. The number of carbonyl (C=O) groups is 2. The van der Waals surface area contributed by atoms with Crippen LogP contribution in [0.3, 0.4) is 0 Å². The molecule has 1 aromatic heterocycles. The Labute approximate surface area is 168 Å². The first-order valence-electron chi connectivity index (χ1n) is 7.62. The predicted octanol–water partition coefficient (Wildman–Crippen LogP) is 4.29. The second-order valence-electron chi connectivity index (χ2n) is 5.21. The summed E-state index contributed by atoms with van der Waals surface area (Å²) in [5.41, 5.74) is 1.25. The number of amides is 1. The number of benzene rings is 2. The van der Waals surface area contributed by atoms with Crippen LogP contribution in [0.5, 0.6) is 0 Å². The zero-order valence-electron chi connectivity index (χ0n) is 13.7. The number of ketones is 1. The monoisotopic (exact) mass is 414 g/mol. The molecule has 9 heteroatoms. The van der Waals surface area contributed by atoms with Gasteiger partial charge in [0.25, 0.3) is 5.91 Å². The normalized spacial score (nSPS) is 10.2. The molecule has 0 saturated carbocycles. The van der Waals surface area contributed by atoms with Gasteiger partial charge in [0.15, 0.2) is 10.1 Å². The molecular weight excluding hydrogens is 404 g/mol. The minimum Gasteiger partial charge on any atom is -0.296 e. The van der Waals surface area contributed by atoms with Crippen molar-refractivity contribution in [3.8, 4) is 6.07 Å². The van der Waals surface area contributed by atoms with Crippen LogP contribution in [0, 0.1) is 11.3 Å². The van der Waals surface area contributed by atoms with E-state index >= 15 is 0 Å². The number of aromatic nitrogens is 2. The van der Waals surface area contributed by atoms with E-state index in [2.05, 4.69) is 15.5 Å². The van der Waals surface area contributed by atoms with E-state index in [1.165, 1.54) is 23.1 Å². The van der Waals surface area contributed by atoms with Crippen molar-refractivity contribution in [3.63, 3.8) is 0 Å². The number of hydrogen-bond donors (Lipinski definition) is 1. The average Bonchev–Trinajstić information content (AvgIpc) is 3.13. The van der Waals surface area contributed by atoms with Gasteiger partial charge in [0.1, 0.15) is 0 Å². The highest BCUT2D eigenvalue weighted by Gasteiger charge is 2.14. The van der Waals surface area contributed by atoms with Crippen molar-refractivity contribution >= 4 is 51.5 Å². The summed E-state index contributed by atoms with van der Waals surface area (Å²) in [4.78, 5) is 24.4. The van der Waals surface area contributed by atoms with Gasteiger partial charge in [-0.3, -0.25) is 14.9 Å². The number of Topliss-reactive ketones (excluding diaryl/α,β-unsaturated/α-hetero) is 1. The Morgan fingerprint density at radius 1 is 1.19 bits per heavy atom. The molecule has 0 unspecified atom stereocenters. The minimum atomic E-state index is -0.377. The highest BCUT2D eigenvalue weighted by atomic mass is 35.5. The molecule has 0 bridgehead atoms. The summed E-state index contributed by atoms with van der Waals surface area (Å²) >= 11 is 8.39. The van der Waals surface area contributed by atoms with Gasteiger partial charge in [0.05, 0.1) is 28.0 Å². The lowest BCUT2D eigenvalue weighted by Crippen LogP contribution is -2.12. The van der Waals surface area contributed by atoms with Gasteiger partial charge in [-0.25, -0.2) is 0 Å². The Kier molecular flexibility index (Phi) is 6.19. The first-order valence-corrected chi connectivity index (χ1v) is 9.80. The summed E-state index contributed by atoms with van der Waals surface area (Å²) in [5, 5.41) is 20.1. The third-order valence-corrected chi connectivity index (χ3v) is 5.69. The van der Waals surface area contributed by atoms with Crippen LogP contribution in [0.4, 0.5) is 5.13 Å². The molecule has 6 nitrogen and oxygen atoms in total. The van der Waals surface area contributed by atoms with Crippen molar-refractivity contribution in [2.45, 2.75) is 4.34 Å². The van der Waals surface area contributed by atoms with E-state index in [4.69, 9.17) is 16.9 Å². The quantitative estimate of drug-likeness (QED) is 0.367. The van der Waals surface area contributed by atoms with Crippen LogP contribution in [0.2, 0.25) is 5.02 Å². The van der Waals surface area contributed by atoms with Gasteiger partial charge in [-0.05, 0) is 24.3 Å². The fourth-order valence-corrected chi connectivity index (χ4v) is 3.96. The molecule has 0 aliphatic heterocycles. The van der Waals surface area contributed by atoms with Crippen molar-refractivity contribution < 1.29 is 9.59 Å². The number of anilines is 1. The lowest BCUT2D eigenvalue weighted by atomic mass is 10.1. The molecule has 0 fully saturated rings. The lowest BCUT2D eigenvalue weighted by molar-refractivity contribution is 0.101. The molecule has 0 aliphatic carbocycles. The van der Waals surface area contributed by atoms with Crippen molar-refractivity contribution in [1.82, 2.24) is 10.2 Å². The highest BCUT2D eigenvalue weighted by Crippen LogP contribution is 2.27. The van der Waals surface area contributed by atoms with Crippen LogP contribution >= 0.6 is 34.7 Å². The van der Waals surface area contributed by atoms with Gasteiger partial charge in [-0.15, -0.1) is 10.2 Å². The Bertz CT molecular complexity index is 1050. The van der Waals surface area contributed by atoms with Gasteiger partial charge in [-0.1, -0.05) is 59.0 Å². The number of carbonyl (C=O) groups excluding carboxylic acids is 2. The minimum absolute atomic E-state index is 0.117. The van der Waals surface area contributed by atoms with Crippen LogP contribution in [0.25, 0.3) is 0 Å². The second-order valence-corrected chi connectivity index (χ2v) is 7.82. The van der Waals surface area contributed by atoms with E-state index in [0.717, 1.165) is 0 Å². The molecule has 0 spiro atoms. The van der Waals surface area contributed by atoms with Gasteiger partial charge in [0.2, 0.25) is 5.13 Å². The molecule has 0 saturated heterocycles. The largest absolute Gasteiger partial charge is 0.296 e. The molecule has 2 aromatic carbocycles. The number of thioether (sulfide) groups is 1. The Hall–Kier alpha value is -2.73. The number of nitriles is 1. The van der Waals surface area contributed by atoms with E-state index in [0.29, 0.717) is 31.2 Å². The second kappa shape index (κ2) is 8.77. The summed E-state index contributed by atoms with van der Waals surface area (Å²) < 4.78 is 0.550. The lowest BCUT2D eigenvalue weighted by Gasteiger charge is -2.02. The Morgan fingerprint density at radius 2 is 2.00 bits per heavy atom. The SMILES string of the molecule is N#Cc1cccc(C(=O)CSc2nnc(NC(=O)c3ccccc3Cl)s2)c1. The topological polar surface area (TPSA) is 95.7 Å². The zero-order chi connectivity index (χ0) is 19.2. The maximum atomic E-state index is 12.2. The van der Waals surface area contributed by atoms with Crippen molar-refractivity contribution in [3.05, 3.63) is 70.2 Å². The van der Waals surface area contributed by atoms with Crippen molar-refractivity contribution in [1.29, 1.82) is 5.26 Å². The summed E-state index contributed by atoms with van der Waals surface area (Å²) in [6.07, 6.45) is 0. The summed E-state index contributed by atoms with van der Waals surface area (Å²) in [6.45, 7) is 0. The molecule has 3 aromatic rings. The van der Waals surface area contributed by atoms with E-state index < -0.39 is 0 Å². The molecule has 3 rings (SSSR count). The molecule has 1 N–H and O–H groups in total. The number of rotatable bonds is 6. The van der Waals surface area contributed by atoms with Crippen LogP contribution < -0.4 is 5.32 Å². The van der Waals surface area contributed by atoms with Crippen LogP contribution in [0.1, 0.15) is 26.3 Å². The van der Waals surface area contributed by atoms with Crippen LogP contribution in [0.15, 0.2) is 52.9 Å². The van der Waals surface area contributed by atoms with Gasteiger partial charge in [-0.2, -0.15) is 5.26 Å². The molecule has 0 radical (unpaired) electrons.